The van der Waals surface area contributed by atoms with E-state index < -0.39 is 12.0 Å². The second-order valence-corrected chi connectivity index (χ2v) is 8.16. The SMILES string of the molecule is COCCNC(=O)[C@H](Cc1c[nH]c2ccccc12)NC(=O)C(c1ccccc1)c1ccccc1. The number of ether oxygens (including phenoxy) is 1. The molecule has 0 saturated carbocycles. The van der Waals surface area contributed by atoms with Gasteiger partial charge in [-0.2, -0.15) is 0 Å². The van der Waals surface area contributed by atoms with Crippen LogP contribution in [0.5, 0.6) is 0 Å². The Kier molecular flexibility index (Phi) is 7.73. The van der Waals surface area contributed by atoms with E-state index in [2.05, 4.69) is 15.6 Å². The number of aromatic nitrogens is 1. The van der Waals surface area contributed by atoms with Crippen molar-refractivity contribution in [2.24, 2.45) is 0 Å². The predicted octanol–water partition coefficient (Wildman–Crippen LogP) is 3.79. The number of fused-ring (bicyclic) bond motifs is 1. The minimum absolute atomic E-state index is 0.218. The highest BCUT2D eigenvalue weighted by Gasteiger charge is 2.28. The van der Waals surface area contributed by atoms with Crippen LogP contribution in [0.2, 0.25) is 0 Å². The standard InChI is InChI=1S/C28H29N3O3/c1-34-17-16-29-27(32)25(18-22-19-30-24-15-9-8-14-23(22)24)31-28(33)26(20-10-4-2-5-11-20)21-12-6-3-7-13-21/h2-15,19,25-26,30H,16-18H2,1H3,(H,29,32)(H,31,33)/t25-/m0/s1. The van der Waals surface area contributed by atoms with Crippen molar-refractivity contribution in [3.63, 3.8) is 0 Å². The van der Waals surface area contributed by atoms with E-state index in [1.54, 1.807) is 7.11 Å². The van der Waals surface area contributed by atoms with Gasteiger partial charge in [-0.05, 0) is 22.8 Å². The molecule has 0 radical (unpaired) electrons. The summed E-state index contributed by atoms with van der Waals surface area (Å²) in [6.45, 7) is 0.770. The number of H-pyrrole nitrogens is 1. The van der Waals surface area contributed by atoms with Crippen LogP contribution < -0.4 is 10.6 Å². The molecule has 1 aromatic heterocycles. The number of carbonyl (C=O) groups is 2. The average molecular weight is 456 g/mol. The zero-order valence-electron chi connectivity index (χ0n) is 19.2. The number of para-hydroxylation sites is 1. The van der Waals surface area contributed by atoms with Gasteiger partial charge in [-0.1, -0.05) is 78.9 Å². The molecular weight excluding hydrogens is 426 g/mol. The summed E-state index contributed by atoms with van der Waals surface area (Å²) in [5, 5.41) is 6.95. The summed E-state index contributed by atoms with van der Waals surface area (Å²) in [5.41, 5.74) is 3.71. The second kappa shape index (κ2) is 11.3. The van der Waals surface area contributed by atoms with Gasteiger partial charge in [0, 0.05) is 37.2 Å². The van der Waals surface area contributed by atoms with Crippen molar-refractivity contribution in [1.82, 2.24) is 15.6 Å². The maximum Gasteiger partial charge on any atom is 0.243 e. The number of nitrogens with one attached hydrogen (secondary N) is 3. The van der Waals surface area contributed by atoms with E-state index in [1.165, 1.54) is 0 Å². The molecule has 4 aromatic rings. The van der Waals surface area contributed by atoms with E-state index in [9.17, 15) is 9.59 Å². The van der Waals surface area contributed by atoms with Gasteiger partial charge in [-0.3, -0.25) is 9.59 Å². The first kappa shape index (κ1) is 23.3. The van der Waals surface area contributed by atoms with Crippen molar-refractivity contribution in [3.8, 4) is 0 Å². The van der Waals surface area contributed by atoms with Crippen LogP contribution in [-0.2, 0) is 20.7 Å². The van der Waals surface area contributed by atoms with Gasteiger partial charge in [-0.15, -0.1) is 0 Å². The molecule has 6 heteroatoms. The number of benzene rings is 3. The number of carbonyl (C=O) groups excluding carboxylic acids is 2. The number of hydrogen-bond acceptors (Lipinski definition) is 3. The molecule has 0 saturated heterocycles. The average Bonchev–Trinajstić information content (AvgIpc) is 3.28. The molecule has 0 spiro atoms. The molecule has 1 atom stereocenters. The molecule has 0 unspecified atom stereocenters. The van der Waals surface area contributed by atoms with Crippen LogP contribution in [0.4, 0.5) is 0 Å². The number of rotatable bonds is 10. The van der Waals surface area contributed by atoms with Gasteiger partial charge in [0.1, 0.15) is 6.04 Å². The lowest BCUT2D eigenvalue weighted by molar-refractivity contribution is -0.129. The predicted molar refractivity (Wildman–Crippen MR) is 134 cm³/mol. The Bertz CT molecular complexity index is 1180. The fraction of sp³-hybridized carbons (Fsp3) is 0.214. The van der Waals surface area contributed by atoms with Crippen LogP contribution in [0.1, 0.15) is 22.6 Å². The maximum absolute atomic E-state index is 13.7. The molecule has 3 N–H and O–H groups in total. The third-order valence-electron chi connectivity index (χ3n) is 5.87. The first-order valence-electron chi connectivity index (χ1n) is 11.4. The number of amides is 2. The van der Waals surface area contributed by atoms with Crippen molar-refractivity contribution < 1.29 is 14.3 Å². The summed E-state index contributed by atoms with van der Waals surface area (Å²) in [7, 11) is 1.58. The Balaban J connectivity index is 1.62. The molecule has 34 heavy (non-hydrogen) atoms. The molecule has 0 aliphatic rings. The number of hydrogen-bond donors (Lipinski definition) is 3. The van der Waals surface area contributed by atoms with Crippen LogP contribution in [0, 0.1) is 0 Å². The molecule has 3 aromatic carbocycles. The van der Waals surface area contributed by atoms with Crippen LogP contribution in [-0.4, -0.2) is 43.1 Å². The molecule has 2 amide bonds. The van der Waals surface area contributed by atoms with E-state index in [4.69, 9.17) is 4.74 Å². The summed E-state index contributed by atoms with van der Waals surface area (Å²) < 4.78 is 5.06. The zero-order chi connectivity index (χ0) is 23.8. The third-order valence-corrected chi connectivity index (χ3v) is 5.87. The molecule has 1 heterocycles. The Morgan fingerprint density at radius 2 is 1.47 bits per heavy atom. The highest BCUT2D eigenvalue weighted by Crippen LogP contribution is 2.25. The molecule has 4 rings (SSSR count). The van der Waals surface area contributed by atoms with E-state index in [-0.39, 0.29) is 11.8 Å². The Hall–Kier alpha value is -3.90. The summed E-state index contributed by atoms with van der Waals surface area (Å²) in [6, 6.07) is 26.4. The normalized spacial score (nSPS) is 11.9. The van der Waals surface area contributed by atoms with Crippen molar-refractivity contribution >= 4 is 22.7 Å². The van der Waals surface area contributed by atoms with Crippen LogP contribution in [0.25, 0.3) is 10.9 Å². The smallest absolute Gasteiger partial charge is 0.243 e. The van der Waals surface area contributed by atoms with Gasteiger partial charge < -0.3 is 20.4 Å². The van der Waals surface area contributed by atoms with Crippen LogP contribution in [0.15, 0.2) is 91.1 Å². The number of aromatic amines is 1. The maximum atomic E-state index is 13.7. The Morgan fingerprint density at radius 3 is 2.12 bits per heavy atom. The summed E-state index contributed by atoms with van der Waals surface area (Å²) >= 11 is 0. The van der Waals surface area contributed by atoms with Crippen molar-refractivity contribution in [3.05, 3.63) is 108 Å². The van der Waals surface area contributed by atoms with Crippen molar-refractivity contribution in [2.45, 2.75) is 18.4 Å². The zero-order valence-corrected chi connectivity index (χ0v) is 19.2. The van der Waals surface area contributed by atoms with Gasteiger partial charge >= 0.3 is 0 Å². The molecular formula is C28H29N3O3. The lowest BCUT2D eigenvalue weighted by atomic mass is 9.90. The van der Waals surface area contributed by atoms with E-state index in [0.29, 0.717) is 19.6 Å². The first-order valence-corrected chi connectivity index (χ1v) is 11.4. The quantitative estimate of drug-likeness (QED) is 0.318. The molecule has 0 fully saturated rings. The highest BCUT2D eigenvalue weighted by atomic mass is 16.5. The van der Waals surface area contributed by atoms with Gasteiger partial charge in [-0.25, -0.2) is 0 Å². The monoisotopic (exact) mass is 455 g/mol. The fourth-order valence-electron chi connectivity index (χ4n) is 4.17. The highest BCUT2D eigenvalue weighted by molar-refractivity contribution is 5.93. The van der Waals surface area contributed by atoms with Gasteiger partial charge in [0.2, 0.25) is 11.8 Å². The third kappa shape index (κ3) is 5.53. The molecule has 0 bridgehead atoms. The molecule has 0 aliphatic carbocycles. The summed E-state index contributed by atoms with van der Waals surface area (Å²) in [5.74, 6) is -0.987. The van der Waals surface area contributed by atoms with Gasteiger partial charge in [0.15, 0.2) is 0 Å². The molecule has 6 nitrogen and oxygen atoms in total. The second-order valence-electron chi connectivity index (χ2n) is 8.16. The number of methoxy groups -OCH3 is 1. The molecule has 0 aliphatic heterocycles. The van der Waals surface area contributed by atoms with Crippen molar-refractivity contribution in [1.29, 1.82) is 0 Å². The largest absolute Gasteiger partial charge is 0.383 e. The van der Waals surface area contributed by atoms with Crippen LogP contribution in [0.3, 0.4) is 0 Å². The fourth-order valence-corrected chi connectivity index (χ4v) is 4.17. The van der Waals surface area contributed by atoms with Crippen molar-refractivity contribution in [2.75, 3.05) is 20.3 Å². The Labute approximate surface area is 199 Å². The van der Waals surface area contributed by atoms with E-state index in [0.717, 1.165) is 27.6 Å². The first-order chi connectivity index (χ1) is 16.7. The summed E-state index contributed by atoms with van der Waals surface area (Å²) in [4.78, 5) is 30.0. The van der Waals surface area contributed by atoms with Crippen LogP contribution >= 0.6 is 0 Å². The van der Waals surface area contributed by atoms with Gasteiger partial charge in [0.25, 0.3) is 0 Å². The topological polar surface area (TPSA) is 83.2 Å². The van der Waals surface area contributed by atoms with Gasteiger partial charge in [0.05, 0.1) is 12.5 Å². The Morgan fingerprint density at radius 1 is 0.853 bits per heavy atom. The minimum atomic E-state index is -0.738. The lowest BCUT2D eigenvalue weighted by Crippen LogP contribution is -2.50. The lowest BCUT2D eigenvalue weighted by Gasteiger charge is -2.23. The van der Waals surface area contributed by atoms with E-state index in [1.807, 2.05) is 91.1 Å². The summed E-state index contributed by atoms with van der Waals surface area (Å²) in [6.07, 6.45) is 2.27. The molecule has 174 valence electrons. The van der Waals surface area contributed by atoms with E-state index >= 15 is 0 Å². The minimum Gasteiger partial charge on any atom is -0.383 e.